The van der Waals surface area contributed by atoms with Crippen molar-refractivity contribution in [3.63, 3.8) is 0 Å². The number of aromatic nitrogens is 3. The second-order valence-corrected chi connectivity index (χ2v) is 12.1. The Bertz CT molecular complexity index is 1830. The van der Waals surface area contributed by atoms with Crippen LogP contribution in [0.15, 0.2) is 57.2 Å². The van der Waals surface area contributed by atoms with E-state index in [1.54, 1.807) is 31.3 Å². The Morgan fingerprint density at radius 1 is 1.12 bits per heavy atom. The van der Waals surface area contributed by atoms with Crippen LogP contribution in [0.1, 0.15) is 42.2 Å². The lowest BCUT2D eigenvalue weighted by Gasteiger charge is -2.27. The average molecular weight is 620 g/mol. The zero-order valence-corrected chi connectivity index (χ0v) is 25.8. The third-order valence-corrected chi connectivity index (χ3v) is 9.18. The van der Waals surface area contributed by atoms with Crippen molar-refractivity contribution < 1.29 is 9.21 Å². The number of carbonyl (C=O) groups excluding carboxylic acids is 1. The van der Waals surface area contributed by atoms with E-state index in [9.17, 15) is 9.59 Å². The normalized spacial score (nSPS) is 15.6. The molecule has 2 fully saturated rings. The molecule has 1 saturated carbocycles. The number of carbonyl (C=O) groups is 1. The number of nitrogens with one attached hydrogen (secondary N) is 2. The third-order valence-electron chi connectivity index (χ3n) is 8.20. The molecule has 5 heterocycles. The first kappa shape index (κ1) is 29.2. The van der Waals surface area contributed by atoms with Crippen LogP contribution in [0, 0.1) is 0 Å². The third kappa shape index (κ3) is 5.48. The number of piperazine rings is 1. The highest BCUT2D eigenvalue weighted by Crippen LogP contribution is 2.36. The molecule has 1 aliphatic heterocycles. The van der Waals surface area contributed by atoms with Gasteiger partial charge in [-0.15, -0.1) is 23.7 Å². The molecule has 0 atom stereocenters. The quantitative estimate of drug-likeness (QED) is 0.251. The minimum Gasteiger partial charge on any atom is -0.439 e. The number of fused-ring (bicyclic) bond motifs is 2. The van der Waals surface area contributed by atoms with Crippen molar-refractivity contribution in [3.8, 4) is 11.1 Å². The minimum absolute atomic E-state index is 0. The van der Waals surface area contributed by atoms with Crippen molar-refractivity contribution in [2.75, 3.05) is 50.5 Å². The number of hydrogen-bond acceptors (Lipinski definition) is 9. The Morgan fingerprint density at radius 3 is 2.58 bits per heavy atom. The molecule has 5 aromatic rings. The van der Waals surface area contributed by atoms with Gasteiger partial charge in [0.1, 0.15) is 16.0 Å². The molecule has 12 heteroatoms. The molecule has 0 spiro atoms. The summed E-state index contributed by atoms with van der Waals surface area (Å²) in [6, 6.07) is 11.7. The van der Waals surface area contributed by atoms with Crippen molar-refractivity contribution >= 4 is 68.5 Å². The Balaban J connectivity index is 0.00000329. The number of amides is 1. The van der Waals surface area contributed by atoms with Crippen molar-refractivity contribution in [3.05, 3.63) is 63.9 Å². The summed E-state index contributed by atoms with van der Waals surface area (Å²) in [6.45, 7) is 3.35. The fourth-order valence-electron chi connectivity index (χ4n) is 6.03. The van der Waals surface area contributed by atoms with E-state index in [1.165, 1.54) is 11.3 Å². The summed E-state index contributed by atoms with van der Waals surface area (Å²) >= 11 is 1.41. The van der Waals surface area contributed by atoms with E-state index < -0.39 is 0 Å². The fraction of sp³-hybridized carbons (Fsp3) is 0.355. The van der Waals surface area contributed by atoms with Gasteiger partial charge >= 0.3 is 0 Å². The summed E-state index contributed by atoms with van der Waals surface area (Å²) in [5.74, 6) is 1.07. The van der Waals surface area contributed by atoms with Crippen LogP contribution >= 0.6 is 23.7 Å². The van der Waals surface area contributed by atoms with Crippen LogP contribution in [-0.2, 0) is 0 Å². The fourth-order valence-corrected chi connectivity index (χ4v) is 6.94. The SMILES string of the molecule is CN(C)C(=O)c1cc2cnc(Nc3ccc(-c4csc5c(=O)cc(N6CCNCC6)oc45)cc3)nc2n1C1CCCC1.Cl. The van der Waals surface area contributed by atoms with Gasteiger partial charge in [-0.2, -0.15) is 4.98 Å². The highest BCUT2D eigenvalue weighted by Gasteiger charge is 2.26. The summed E-state index contributed by atoms with van der Waals surface area (Å²) in [7, 11) is 3.55. The summed E-state index contributed by atoms with van der Waals surface area (Å²) in [5, 5.41) is 9.51. The van der Waals surface area contributed by atoms with Crippen molar-refractivity contribution in [1.82, 2.24) is 24.8 Å². The van der Waals surface area contributed by atoms with Crippen molar-refractivity contribution in [2.45, 2.75) is 31.7 Å². The maximum Gasteiger partial charge on any atom is 0.270 e. The Kier molecular flexibility index (Phi) is 8.13. The summed E-state index contributed by atoms with van der Waals surface area (Å²) in [6.07, 6.45) is 6.18. The summed E-state index contributed by atoms with van der Waals surface area (Å²) < 4.78 is 9.05. The van der Waals surface area contributed by atoms with Gasteiger partial charge in [0.15, 0.2) is 11.5 Å². The number of hydrogen-bond donors (Lipinski definition) is 2. The second-order valence-electron chi connectivity index (χ2n) is 11.2. The predicted octanol–water partition coefficient (Wildman–Crippen LogP) is 5.66. The molecule has 4 aromatic heterocycles. The van der Waals surface area contributed by atoms with E-state index in [4.69, 9.17) is 9.40 Å². The lowest BCUT2D eigenvalue weighted by atomic mass is 10.1. The molecule has 2 aliphatic rings. The number of benzene rings is 1. The molecular weight excluding hydrogens is 586 g/mol. The van der Waals surface area contributed by atoms with Gasteiger partial charge in [-0.05, 0) is 36.6 Å². The molecule has 43 heavy (non-hydrogen) atoms. The number of anilines is 3. The van der Waals surface area contributed by atoms with E-state index in [-0.39, 0.29) is 29.8 Å². The molecule has 10 nitrogen and oxygen atoms in total. The minimum atomic E-state index is -0.0261. The molecule has 1 amide bonds. The maximum atomic E-state index is 13.0. The first-order valence-electron chi connectivity index (χ1n) is 14.4. The van der Waals surface area contributed by atoms with Crippen LogP contribution in [0.2, 0.25) is 0 Å². The van der Waals surface area contributed by atoms with Crippen LogP contribution in [0.5, 0.6) is 0 Å². The summed E-state index contributed by atoms with van der Waals surface area (Å²) in [5.41, 5.74) is 4.76. The van der Waals surface area contributed by atoms with Gasteiger partial charge in [-0.3, -0.25) is 9.59 Å². The highest BCUT2D eigenvalue weighted by molar-refractivity contribution is 7.17. The lowest BCUT2D eigenvalue weighted by Crippen LogP contribution is -2.43. The van der Waals surface area contributed by atoms with E-state index in [0.29, 0.717) is 27.8 Å². The van der Waals surface area contributed by atoms with Crippen molar-refractivity contribution in [1.29, 1.82) is 0 Å². The van der Waals surface area contributed by atoms with Gasteiger partial charge in [0.25, 0.3) is 5.91 Å². The van der Waals surface area contributed by atoms with Gasteiger partial charge in [0.2, 0.25) is 11.4 Å². The smallest absolute Gasteiger partial charge is 0.270 e. The van der Waals surface area contributed by atoms with Gasteiger partial charge < -0.3 is 29.4 Å². The van der Waals surface area contributed by atoms with Gasteiger partial charge in [-0.25, -0.2) is 4.98 Å². The molecule has 0 unspecified atom stereocenters. The highest BCUT2D eigenvalue weighted by atomic mass is 35.5. The molecule has 0 radical (unpaired) electrons. The predicted molar refractivity (Wildman–Crippen MR) is 174 cm³/mol. The zero-order chi connectivity index (χ0) is 28.8. The van der Waals surface area contributed by atoms with E-state index in [1.807, 2.05) is 35.7 Å². The topological polar surface area (TPSA) is 109 Å². The molecule has 224 valence electrons. The Labute approximate surface area is 259 Å². The standard InChI is InChI=1S/C31H33N7O3S.ClH/c1-36(2)30(40)24-15-20-17-33-31(35-29(20)38(24)22-5-3-4-6-22)34-21-9-7-19(8-10-21)23-18-42-28-25(39)16-26(41-27(23)28)37-13-11-32-12-14-37;/h7-10,15-18,22,32H,3-6,11-14H2,1-2H3,(H,33,34,35);1H. The van der Waals surface area contributed by atoms with Crippen LogP contribution < -0.4 is 21.0 Å². The molecule has 1 aromatic carbocycles. The average Bonchev–Trinajstić information content (AvgIpc) is 3.76. The number of rotatable bonds is 6. The Morgan fingerprint density at radius 2 is 1.86 bits per heavy atom. The van der Waals surface area contributed by atoms with Crippen LogP contribution in [-0.4, -0.2) is 65.6 Å². The first-order chi connectivity index (χ1) is 20.5. The van der Waals surface area contributed by atoms with Gasteiger partial charge in [-0.1, -0.05) is 25.0 Å². The zero-order valence-electron chi connectivity index (χ0n) is 24.1. The first-order valence-corrected chi connectivity index (χ1v) is 15.3. The largest absolute Gasteiger partial charge is 0.439 e. The van der Waals surface area contributed by atoms with E-state index in [0.717, 1.165) is 79.7 Å². The molecule has 1 saturated heterocycles. The maximum absolute atomic E-state index is 13.0. The van der Waals surface area contributed by atoms with Gasteiger partial charge in [0.05, 0.1) is 0 Å². The molecule has 1 aliphatic carbocycles. The Hall–Kier alpha value is -3.93. The molecular formula is C31H34ClN7O3S. The van der Waals surface area contributed by atoms with Crippen LogP contribution in [0.25, 0.3) is 32.4 Å². The number of halogens is 1. The second kappa shape index (κ2) is 12.0. The summed E-state index contributed by atoms with van der Waals surface area (Å²) in [4.78, 5) is 39.0. The molecule has 7 rings (SSSR count). The number of nitrogens with zero attached hydrogens (tertiary/aromatic N) is 5. The van der Waals surface area contributed by atoms with E-state index >= 15 is 0 Å². The van der Waals surface area contributed by atoms with E-state index in [2.05, 4.69) is 25.1 Å². The lowest BCUT2D eigenvalue weighted by molar-refractivity contribution is 0.0815. The van der Waals surface area contributed by atoms with Gasteiger partial charge in [0, 0.05) is 80.6 Å². The molecule has 0 bridgehead atoms. The number of thiophene rings is 1. The van der Waals surface area contributed by atoms with Crippen molar-refractivity contribution in [2.24, 2.45) is 0 Å². The van der Waals surface area contributed by atoms with Crippen LogP contribution in [0.4, 0.5) is 17.5 Å². The molecule has 2 N–H and O–H groups in total. The van der Waals surface area contributed by atoms with Crippen LogP contribution in [0.3, 0.4) is 0 Å². The monoisotopic (exact) mass is 619 g/mol.